The van der Waals surface area contributed by atoms with Crippen molar-refractivity contribution in [2.45, 2.75) is 45.3 Å². The minimum Gasteiger partial charge on any atom is -0.444 e. The number of hydrogen-bond donors (Lipinski definition) is 0. The minimum absolute atomic E-state index is 0.0559. The first-order chi connectivity index (χ1) is 11.8. The van der Waals surface area contributed by atoms with E-state index in [0.29, 0.717) is 37.4 Å². The van der Waals surface area contributed by atoms with Crippen molar-refractivity contribution in [1.29, 1.82) is 0 Å². The first-order valence-electron chi connectivity index (χ1n) is 8.21. The molecule has 0 spiro atoms. The van der Waals surface area contributed by atoms with Crippen LogP contribution in [0.2, 0.25) is 0 Å². The number of carbonyl (C=O) groups is 1. The summed E-state index contributed by atoms with van der Waals surface area (Å²) in [5, 5.41) is 12.4. The van der Waals surface area contributed by atoms with Crippen molar-refractivity contribution in [2.75, 3.05) is 13.1 Å². The lowest BCUT2D eigenvalue weighted by Crippen LogP contribution is -2.42. The fourth-order valence-electron chi connectivity index (χ4n) is 2.60. The van der Waals surface area contributed by atoms with E-state index in [0.717, 1.165) is 6.20 Å². The van der Waals surface area contributed by atoms with Gasteiger partial charge in [0.1, 0.15) is 17.1 Å². The molecular formula is C16H21FN6O2. The van der Waals surface area contributed by atoms with Crippen LogP contribution in [0.4, 0.5) is 9.18 Å². The highest BCUT2D eigenvalue weighted by Crippen LogP contribution is 2.23. The van der Waals surface area contributed by atoms with Gasteiger partial charge in [-0.2, -0.15) is 4.80 Å². The van der Waals surface area contributed by atoms with E-state index >= 15 is 0 Å². The summed E-state index contributed by atoms with van der Waals surface area (Å²) < 4.78 is 18.3. The Kier molecular flexibility index (Phi) is 4.65. The van der Waals surface area contributed by atoms with Crippen LogP contribution in [0.3, 0.4) is 0 Å². The van der Waals surface area contributed by atoms with Crippen LogP contribution in [0.5, 0.6) is 0 Å². The molecule has 1 amide bonds. The average molecular weight is 348 g/mol. The smallest absolute Gasteiger partial charge is 0.410 e. The zero-order chi connectivity index (χ0) is 18.0. The molecule has 3 heterocycles. The molecule has 0 aliphatic carbocycles. The van der Waals surface area contributed by atoms with Gasteiger partial charge < -0.3 is 9.64 Å². The van der Waals surface area contributed by atoms with Crippen LogP contribution < -0.4 is 0 Å². The third-order valence-corrected chi connectivity index (χ3v) is 3.83. The number of hydrogen-bond acceptors (Lipinski definition) is 6. The third-order valence-electron chi connectivity index (χ3n) is 3.83. The van der Waals surface area contributed by atoms with Crippen molar-refractivity contribution in [3.05, 3.63) is 24.1 Å². The minimum atomic E-state index is -0.502. The maximum absolute atomic E-state index is 12.9. The molecular weight excluding hydrogens is 327 g/mol. The largest absolute Gasteiger partial charge is 0.444 e. The summed E-state index contributed by atoms with van der Waals surface area (Å²) in [5.41, 5.74) is -0.0304. The summed E-state index contributed by atoms with van der Waals surface area (Å²) in [6.07, 6.45) is 2.25. The molecule has 9 heteroatoms. The number of aromatic nitrogens is 5. The van der Waals surface area contributed by atoms with E-state index < -0.39 is 11.4 Å². The SMILES string of the molecule is CC(C)(C)OC(=O)N1CCC(n2nnc(-c3ccc(F)cn3)n2)CC1. The number of nitrogens with zero attached hydrogens (tertiary/aromatic N) is 6. The Balaban J connectivity index is 1.60. The normalized spacial score (nSPS) is 16.1. The molecule has 0 bridgehead atoms. The number of halogens is 1. The average Bonchev–Trinajstić information content (AvgIpc) is 3.04. The maximum atomic E-state index is 12.9. The molecule has 2 aromatic heterocycles. The van der Waals surface area contributed by atoms with E-state index in [-0.39, 0.29) is 12.1 Å². The molecule has 0 N–H and O–H groups in total. The molecule has 1 aliphatic rings. The molecule has 0 atom stereocenters. The Morgan fingerprint density at radius 1 is 1.28 bits per heavy atom. The Morgan fingerprint density at radius 2 is 2.00 bits per heavy atom. The number of ether oxygens (including phenoxy) is 1. The second-order valence-electron chi connectivity index (χ2n) is 6.99. The van der Waals surface area contributed by atoms with E-state index in [9.17, 15) is 9.18 Å². The highest BCUT2D eigenvalue weighted by molar-refractivity contribution is 5.68. The summed E-state index contributed by atoms with van der Waals surface area (Å²) in [7, 11) is 0. The van der Waals surface area contributed by atoms with Gasteiger partial charge in [0.2, 0.25) is 5.82 Å². The Labute approximate surface area is 145 Å². The fourth-order valence-corrected chi connectivity index (χ4v) is 2.60. The van der Waals surface area contributed by atoms with Crippen molar-refractivity contribution in [3.63, 3.8) is 0 Å². The van der Waals surface area contributed by atoms with E-state index in [2.05, 4.69) is 20.4 Å². The second kappa shape index (κ2) is 6.73. The summed E-state index contributed by atoms with van der Waals surface area (Å²) in [6.45, 7) is 6.70. The van der Waals surface area contributed by atoms with Gasteiger partial charge in [-0.05, 0) is 51.0 Å². The van der Waals surface area contributed by atoms with Gasteiger partial charge in [-0.25, -0.2) is 14.2 Å². The number of carbonyl (C=O) groups excluding carboxylic acids is 1. The van der Waals surface area contributed by atoms with Crippen LogP contribution >= 0.6 is 0 Å². The van der Waals surface area contributed by atoms with Crippen LogP contribution in [0.15, 0.2) is 18.3 Å². The molecule has 1 saturated heterocycles. The molecule has 0 unspecified atom stereocenters. The van der Waals surface area contributed by atoms with Gasteiger partial charge in [-0.1, -0.05) is 0 Å². The monoisotopic (exact) mass is 348 g/mol. The predicted molar refractivity (Wildman–Crippen MR) is 87.1 cm³/mol. The standard InChI is InChI=1S/C16H21FN6O2/c1-16(2,3)25-15(24)22-8-6-12(7-9-22)23-20-14(19-21-23)13-5-4-11(17)10-18-13/h4-5,10,12H,6-9H2,1-3H3. The number of amides is 1. The van der Waals surface area contributed by atoms with Gasteiger partial charge in [0.05, 0.1) is 12.2 Å². The van der Waals surface area contributed by atoms with Crippen LogP contribution in [0, 0.1) is 5.82 Å². The van der Waals surface area contributed by atoms with Gasteiger partial charge >= 0.3 is 6.09 Å². The summed E-state index contributed by atoms with van der Waals surface area (Å²) in [6, 6.07) is 2.88. The zero-order valence-corrected chi connectivity index (χ0v) is 14.5. The predicted octanol–water partition coefficient (Wildman–Crippen LogP) is 2.45. The number of likely N-dealkylation sites (tertiary alicyclic amines) is 1. The first kappa shape index (κ1) is 17.2. The lowest BCUT2D eigenvalue weighted by atomic mass is 10.1. The molecule has 0 aromatic carbocycles. The van der Waals surface area contributed by atoms with Crippen LogP contribution in [-0.2, 0) is 4.74 Å². The molecule has 8 nitrogen and oxygen atoms in total. The number of pyridine rings is 1. The van der Waals surface area contributed by atoms with Crippen LogP contribution in [0.25, 0.3) is 11.5 Å². The molecule has 134 valence electrons. The molecule has 1 fully saturated rings. The van der Waals surface area contributed by atoms with Gasteiger partial charge in [0.25, 0.3) is 0 Å². The number of rotatable bonds is 2. The van der Waals surface area contributed by atoms with E-state index in [1.165, 1.54) is 12.1 Å². The third kappa shape index (κ3) is 4.28. The molecule has 3 rings (SSSR count). The maximum Gasteiger partial charge on any atom is 0.410 e. The molecule has 0 saturated carbocycles. The molecule has 0 radical (unpaired) electrons. The topological polar surface area (TPSA) is 86.0 Å². The van der Waals surface area contributed by atoms with Crippen molar-refractivity contribution >= 4 is 6.09 Å². The van der Waals surface area contributed by atoms with E-state index in [1.54, 1.807) is 9.70 Å². The van der Waals surface area contributed by atoms with Crippen molar-refractivity contribution in [1.82, 2.24) is 30.1 Å². The Morgan fingerprint density at radius 3 is 2.60 bits per heavy atom. The molecule has 25 heavy (non-hydrogen) atoms. The lowest BCUT2D eigenvalue weighted by Gasteiger charge is -2.32. The fraction of sp³-hybridized carbons (Fsp3) is 0.562. The summed E-state index contributed by atoms with van der Waals surface area (Å²) in [4.78, 5) is 19.3. The second-order valence-corrected chi connectivity index (χ2v) is 6.99. The highest BCUT2D eigenvalue weighted by atomic mass is 19.1. The molecule has 2 aromatic rings. The van der Waals surface area contributed by atoms with E-state index in [4.69, 9.17) is 4.74 Å². The van der Waals surface area contributed by atoms with Crippen molar-refractivity contribution in [2.24, 2.45) is 0 Å². The quantitative estimate of drug-likeness (QED) is 0.828. The number of tetrazole rings is 1. The Hall–Kier alpha value is -2.58. The van der Waals surface area contributed by atoms with Crippen LogP contribution in [-0.4, -0.2) is 54.9 Å². The first-order valence-corrected chi connectivity index (χ1v) is 8.21. The van der Waals surface area contributed by atoms with Gasteiger partial charge in [-0.3, -0.25) is 0 Å². The van der Waals surface area contributed by atoms with Gasteiger partial charge in [0.15, 0.2) is 0 Å². The van der Waals surface area contributed by atoms with Crippen LogP contribution in [0.1, 0.15) is 39.7 Å². The zero-order valence-electron chi connectivity index (χ0n) is 14.5. The van der Waals surface area contributed by atoms with Gasteiger partial charge in [-0.15, -0.1) is 10.2 Å². The Bertz CT molecular complexity index is 732. The summed E-state index contributed by atoms with van der Waals surface area (Å²) in [5.74, 6) is -0.0553. The number of piperidine rings is 1. The van der Waals surface area contributed by atoms with Crippen molar-refractivity contribution in [3.8, 4) is 11.5 Å². The van der Waals surface area contributed by atoms with Crippen molar-refractivity contribution < 1.29 is 13.9 Å². The van der Waals surface area contributed by atoms with Gasteiger partial charge in [0, 0.05) is 13.1 Å². The molecule has 1 aliphatic heterocycles. The lowest BCUT2D eigenvalue weighted by molar-refractivity contribution is 0.0179. The van der Waals surface area contributed by atoms with E-state index in [1.807, 2.05) is 20.8 Å². The highest BCUT2D eigenvalue weighted by Gasteiger charge is 2.28. The summed E-state index contributed by atoms with van der Waals surface area (Å²) >= 11 is 0.